The number of carbonyl (C=O) groups is 1. The molecule has 0 aromatic carbocycles. The van der Waals surface area contributed by atoms with Crippen LogP contribution < -0.4 is 5.32 Å². The van der Waals surface area contributed by atoms with E-state index in [0.29, 0.717) is 29.8 Å². The van der Waals surface area contributed by atoms with Crippen molar-refractivity contribution in [2.24, 2.45) is 5.92 Å². The molecule has 0 unspecified atom stereocenters. The molecule has 27 heavy (non-hydrogen) atoms. The normalized spacial score (nSPS) is 20.3. The number of rotatable bonds is 7. The number of hydrogen-bond donors (Lipinski definition) is 1. The second-order valence-corrected chi connectivity index (χ2v) is 7.92. The summed E-state index contributed by atoms with van der Waals surface area (Å²) in [6.07, 6.45) is 6.15. The Morgan fingerprint density at radius 3 is 2.74 bits per heavy atom. The molecule has 0 aliphatic heterocycles. The Labute approximate surface area is 161 Å². The molecule has 1 N–H and O–H groups in total. The van der Waals surface area contributed by atoms with E-state index in [2.05, 4.69) is 24.1 Å². The van der Waals surface area contributed by atoms with Crippen LogP contribution in [0, 0.1) is 12.8 Å². The summed E-state index contributed by atoms with van der Waals surface area (Å²) in [4.78, 5) is 17.4. The SMILES string of the molecule is COCc1cc(C)nc2c(C(=O)NC3CCC(OCC(C)C)CC3)ccn12. The van der Waals surface area contributed by atoms with Gasteiger partial charge in [-0.25, -0.2) is 4.98 Å². The Morgan fingerprint density at radius 2 is 2.07 bits per heavy atom. The lowest BCUT2D eigenvalue weighted by molar-refractivity contribution is 0.00860. The average Bonchev–Trinajstić information content (AvgIpc) is 3.05. The van der Waals surface area contributed by atoms with Crippen LogP contribution in [-0.2, 0) is 16.1 Å². The maximum Gasteiger partial charge on any atom is 0.255 e. The number of methoxy groups -OCH3 is 1. The summed E-state index contributed by atoms with van der Waals surface area (Å²) in [5.41, 5.74) is 3.18. The maximum absolute atomic E-state index is 12.8. The fourth-order valence-corrected chi connectivity index (χ4v) is 3.68. The monoisotopic (exact) mass is 373 g/mol. The van der Waals surface area contributed by atoms with Gasteiger partial charge >= 0.3 is 0 Å². The highest BCUT2D eigenvalue weighted by atomic mass is 16.5. The van der Waals surface area contributed by atoms with Gasteiger partial charge in [0.25, 0.3) is 5.91 Å². The van der Waals surface area contributed by atoms with Crippen LogP contribution in [0.15, 0.2) is 18.3 Å². The van der Waals surface area contributed by atoms with Gasteiger partial charge in [-0.15, -0.1) is 0 Å². The van der Waals surface area contributed by atoms with Crippen LogP contribution in [0.1, 0.15) is 61.3 Å². The first-order chi connectivity index (χ1) is 13.0. The highest BCUT2D eigenvalue weighted by Gasteiger charge is 2.24. The topological polar surface area (TPSA) is 64.9 Å². The number of fused-ring (bicyclic) bond motifs is 1. The molecule has 0 bridgehead atoms. The smallest absolute Gasteiger partial charge is 0.255 e. The van der Waals surface area contributed by atoms with E-state index in [-0.39, 0.29) is 11.9 Å². The molecule has 148 valence electrons. The zero-order valence-corrected chi connectivity index (χ0v) is 16.8. The van der Waals surface area contributed by atoms with Gasteiger partial charge in [0.1, 0.15) is 5.65 Å². The van der Waals surface area contributed by atoms with E-state index in [0.717, 1.165) is 43.7 Å². The summed E-state index contributed by atoms with van der Waals surface area (Å²) >= 11 is 0. The number of aromatic nitrogens is 2. The van der Waals surface area contributed by atoms with Gasteiger partial charge in [0, 0.05) is 31.6 Å². The molecular formula is C21H31N3O3. The van der Waals surface area contributed by atoms with Gasteiger partial charge in [0.05, 0.1) is 24.0 Å². The van der Waals surface area contributed by atoms with Crippen molar-refractivity contribution in [1.29, 1.82) is 0 Å². The van der Waals surface area contributed by atoms with Gasteiger partial charge < -0.3 is 19.2 Å². The van der Waals surface area contributed by atoms with Crippen molar-refractivity contribution < 1.29 is 14.3 Å². The molecule has 1 fully saturated rings. The summed E-state index contributed by atoms with van der Waals surface area (Å²) in [6, 6.07) is 4.03. The van der Waals surface area contributed by atoms with Crippen LogP contribution in [0.4, 0.5) is 0 Å². The van der Waals surface area contributed by atoms with Crippen molar-refractivity contribution >= 4 is 11.6 Å². The third kappa shape index (κ3) is 4.87. The zero-order chi connectivity index (χ0) is 19.4. The van der Waals surface area contributed by atoms with Crippen LogP contribution in [0.25, 0.3) is 5.65 Å². The molecule has 2 heterocycles. The summed E-state index contributed by atoms with van der Waals surface area (Å²) < 4.78 is 13.1. The zero-order valence-electron chi connectivity index (χ0n) is 16.8. The molecule has 2 aromatic heterocycles. The van der Waals surface area contributed by atoms with E-state index in [1.54, 1.807) is 7.11 Å². The first-order valence-electron chi connectivity index (χ1n) is 9.87. The summed E-state index contributed by atoms with van der Waals surface area (Å²) in [5, 5.41) is 3.19. The van der Waals surface area contributed by atoms with E-state index in [4.69, 9.17) is 9.47 Å². The number of nitrogens with zero attached hydrogens (tertiary/aromatic N) is 2. The molecule has 1 amide bonds. The third-order valence-electron chi connectivity index (χ3n) is 5.04. The Kier molecular flexibility index (Phi) is 6.50. The maximum atomic E-state index is 12.8. The van der Waals surface area contributed by atoms with E-state index >= 15 is 0 Å². The van der Waals surface area contributed by atoms with Crippen LogP contribution in [0.3, 0.4) is 0 Å². The lowest BCUT2D eigenvalue weighted by Gasteiger charge is -2.29. The molecule has 2 aromatic rings. The number of amides is 1. The van der Waals surface area contributed by atoms with Gasteiger partial charge in [0.15, 0.2) is 0 Å². The van der Waals surface area contributed by atoms with E-state index in [1.807, 2.05) is 29.7 Å². The molecule has 0 saturated heterocycles. The van der Waals surface area contributed by atoms with Gasteiger partial charge in [0.2, 0.25) is 0 Å². The Morgan fingerprint density at radius 1 is 1.33 bits per heavy atom. The van der Waals surface area contributed by atoms with Crippen molar-refractivity contribution in [2.45, 2.75) is 65.2 Å². The quantitative estimate of drug-likeness (QED) is 0.807. The standard InChI is InChI=1S/C21H31N3O3/c1-14(2)12-27-18-7-5-16(6-8-18)23-21(25)19-9-10-24-17(13-26-4)11-15(3)22-20(19)24/h9-11,14,16,18H,5-8,12-13H2,1-4H3,(H,23,25). The molecular weight excluding hydrogens is 342 g/mol. The molecule has 0 spiro atoms. The predicted molar refractivity (Wildman–Crippen MR) is 105 cm³/mol. The molecule has 3 rings (SSSR count). The summed E-state index contributed by atoms with van der Waals surface area (Å²) in [5.74, 6) is 0.509. The predicted octanol–water partition coefficient (Wildman–Crippen LogP) is 3.50. The Hall–Kier alpha value is -1.92. The molecule has 0 radical (unpaired) electrons. The summed E-state index contributed by atoms with van der Waals surface area (Å²) in [7, 11) is 1.67. The van der Waals surface area contributed by atoms with E-state index in [9.17, 15) is 4.79 Å². The van der Waals surface area contributed by atoms with Gasteiger partial charge in [-0.2, -0.15) is 0 Å². The Bertz CT molecular complexity index is 776. The Balaban J connectivity index is 1.64. The second-order valence-electron chi connectivity index (χ2n) is 7.92. The molecule has 1 aliphatic carbocycles. The van der Waals surface area contributed by atoms with Crippen molar-refractivity contribution in [1.82, 2.24) is 14.7 Å². The largest absolute Gasteiger partial charge is 0.378 e. The van der Waals surface area contributed by atoms with Crippen molar-refractivity contribution in [3.63, 3.8) is 0 Å². The number of aryl methyl sites for hydroxylation is 1. The fraction of sp³-hybridized carbons (Fsp3) is 0.619. The van der Waals surface area contributed by atoms with Crippen molar-refractivity contribution in [3.8, 4) is 0 Å². The minimum atomic E-state index is -0.0504. The second kappa shape index (κ2) is 8.85. The molecule has 1 saturated carbocycles. The first kappa shape index (κ1) is 19.8. The lowest BCUT2D eigenvalue weighted by atomic mass is 9.92. The van der Waals surface area contributed by atoms with Gasteiger partial charge in [-0.05, 0) is 50.7 Å². The third-order valence-corrected chi connectivity index (χ3v) is 5.04. The van der Waals surface area contributed by atoms with Crippen molar-refractivity contribution in [3.05, 3.63) is 35.3 Å². The number of nitrogens with one attached hydrogen (secondary N) is 1. The lowest BCUT2D eigenvalue weighted by Crippen LogP contribution is -2.39. The number of carbonyl (C=O) groups excluding carboxylic acids is 1. The highest BCUT2D eigenvalue weighted by molar-refractivity contribution is 6.00. The van der Waals surface area contributed by atoms with Crippen LogP contribution in [0.2, 0.25) is 0 Å². The minimum absolute atomic E-state index is 0.0504. The minimum Gasteiger partial charge on any atom is -0.378 e. The fourth-order valence-electron chi connectivity index (χ4n) is 3.68. The molecule has 6 heteroatoms. The average molecular weight is 373 g/mol. The summed E-state index contributed by atoms with van der Waals surface area (Å²) in [6.45, 7) is 7.57. The van der Waals surface area contributed by atoms with E-state index < -0.39 is 0 Å². The first-order valence-corrected chi connectivity index (χ1v) is 9.87. The molecule has 0 atom stereocenters. The van der Waals surface area contributed by atoms with E-state index in [1.165, 1.54) is 0 Å². The van der Waals surface area contributed by atoms with Crippen LogP contribution in [0.5, 0.6) is 0 Å². The van der Waals surface area contributed by atoms with Crippen molar-refractivity contribution in [2.75, 3.05) is 13.7 Å². The number of hydrogen-bond acceptors (Lipinski definition) is 4. The van der Waals surface area contributed by atoms with Gasteiger partial charge in [-0.3, -0.25) is 4.79 Å². The van der Waals surface area contributed by atoms with Crippen LogP contribution in [-0.4, -0.2) is 41.2 Å². The van der Waals surface area contributed by atoms with Gasteiger partial charge in [-0.1, -0.05) is 13.8 Å². The molecule has 6 nitrogen and oxygen atoms in total. The number of ether oxygens (including phenoxy) is 2. The highest BCUT2D eigenvalue weighted by Crippen LogP contribution is 2.23. The van der Waals surface area contributed by atoms with Crippen LogP contribution >= 0.6 is 0 Å². The molecule has 1 aliphatic rings.